The quantitative estimate of drug-likeness (QED) is 0.236. The molecule has 0 rings (SSSR count). The van der Waals surface area contributed by atoms with Gasteiger partial charge >= 0.3 is 19.3 Å². The first-order chi connectivity index (χ1) is 5.36. The predicted octanol–water partition coefficient (Wildman–Crippen LogP) is -2.34. The first-order valence-corrected chi connectivity index (χ1v) is 2.54. The molecule has 8 heteroatoms. The van der Waals surface area contributed by atoms with Crippen LogP contribution in [0.15, 0.2) is 12.2 Å². The molecule has 7 nitrogen and oxygen atoms in total. The lowest BCUT2D eigenvalue weighted by Gasteiger charge is -1.74. The average molecular weight is 178 g/mol. The fraction of sp³-hybridized carbons (Fsp3) is 0. The maximum atomic E-state index is 9.55. The zero-order valence-electron chi connectivity index (χ0n) is 5.78. The van der Waals surface area contributed by atoms with Crippen molar-refractivity contribution in [2.75, 3.05) is 0 Å². The number of hydrogen-bond donors (Lipinski definition) is 5. The Hall–Kier alpha value is -1.38. The van der Waals surface area contributed by atoms with Crippen LogP contribution in [0, 0.1) is 0 Å². The van der Waals surface area contributed by atoms with E-state index in [0.29, 0.717) is 12.2 Å². The summed E-state index contributed by atoms with van der Waals surface area (Å²) in [5.74, 6) is -2.51. The second-order valence-electron chi connectivity index (χ2n) is 1.36. The van der Waals surface area contributed by atoms with Gasteiger partial charge in [0.1, 0.15) is 0 Å². The lowest BCUT2D eigenvalue weighted by atomic mass is 10.3. The van der Waals surface area contributed by atoms with Crippen molar-refractivity contribution in [3.63, 3.8) is 0 Å². The van der Waals surface area contributed by atoms with Gasteiger partial charge in [-0.15, -0.1) is 0 Å². The van der Waals surface area contributed by atoms with Crippen LogP contribution < -0.4 is 0 Å². The first-order valence-electron chi connectivity index (χ1n) is 2.54. The van der Waals surface area contributed by atoms with Gasteiger partial charge in [0.15, 0.2) is 0 Å². The van der Waals surface area contributed by atoms with Gasteiger partial charge in [-0.3, -0.25) is 0 Å². The van der Waals surface area contributed by atoms with Crippen molar-refractivity contribution in [3.8, 4) is 0 Å². The van der Waals surface area contributed by atoms with E-state index in [0.717, 1.165) is 0 Å². The molecule has 0 bridgehead atoms. The summed E-state index contributed by atoms with van der Waals surface area (Å²) >= 11 is 0. The SMILES string of the molecule is O=C(O)/C=C\C(=O)O.OB(O)O. The summed E-state index contributed by atoms with van der Waals surface area (Å²) in [6.45, 7) is 0. The predicted molar refractivity (Wildman–Crippen MR) is 36.8 cm³/mol. The molecule has 0 fully saturated rings. The van der Waals surface area contributed by atoms with Crippen molar-refractivity contribution in [2.45, 2.75) is 0 Å². The zero-order valence-corrected chi connectivity index (χ0v) is 5.78. The van der Waals surface area contributed by atoms with Crippen molar-refractivity contribution in [3.05, 3.63) is 12.2 Å². The van der Waals surface area contributed by atoms with Crippen molar-refractivity contribution in [1.29, 1.82) is 0 Å². The van der Waals surface area contributed by atoms with E-state index in [-0.39, 0.29) is 0 Å². The highest BCUT2D eigenvalue weighted by Crippen LogP contribution is 1.70. The summed E-state index contributed by atoms with van der Waals surface area (Å²) in [6.07, 6.45) is 1.12. The number of rotatable bonds is 2. The Morgan fingerprint density at radius 1 is 0.917 bits per heavy atom. The van der Waals surface area contributed by atoms with Crippen LogP contribution in [0.5, 0.6) is 0 Å². The van der Waals surface area contributed by atoms with Crippen LogP contribution in [0.2, 0.25) is 0 Å². The van der Waals surface area contributed by atoms with Crippen LogP contribution in [-0.4, -0.2) is 44.5 Å². The Balaban J connectivity index is 0. The molecule has 0 saturated carbocycles. The second kappa shape index (κ2) is 7.73. The molecule has 5 N–H and O–H groups in total. The van der Waals surface area contributed by atoms with Gasteiger partial charge in [0, 0.05) is 12.2 Å². The van der Waals surface area contributed by atoms with Gasteiger partial charge < -0.3 is 25.3 Å². The van der Waals surface area contributed by atoms with Gasteiger partial charge in [0.05, 0.1) is 0 Å². The maximum absolute atomic E-state index is 9.55. The van der Waals surface area contributed by atoms with Gasteiger partial charge in [-0.05, 0) is 0 Å². The molecule has 0 heterocycles. The van der Waals surface area contributed by atoms with Crippen molar-refractivity contribution in [1.82, 2.24) is 0 Å². The van der Waals surface area contributed by atoms with Crippen molar-refractivity contribution in [2.24, 2.45) is 0 Å². The normalized spacial score (nSPS) is 8.58. The molecule has 0 aliphatic carbocycles. The minimum absolute atomic E-state index is 0.558. The Labute approximate surface area is 67.4 Å². The van der Waals surface area contributed by atoms with Gasteiger partial charge in [-0.2, -0.15) is 0 Å². The Morgan fingerprint density at radius 3 is 1.17 bits per heavy atom. The number of aliphatic carboxylic acids is 2. The second-order valence-corrected chi connectivity index (χ2v) is 1.36. The van der Waals surface area contributed by atoms with Crippen LogP contribution >= 0.6 is 0 Å². The smallest absolute Gasteiger partial charge is 0.478 e. The molecule has 12 heavy (non-hydrogen) atoms. The lowest BCUT2D eigenvalue weighted by molar-refractivity contribution is -0.134. The van der Waals surface area contributed by atoms with Gasteiger partial charge in [-0.25, -0.2) is 9.59 Å². The minimum atomic E-state index is -2.17. The summed E-state index contributed by atoms with van der Waals surface area (Å²) in [5.41, 5.74) is 0. The van der Waals surface area contributed by atoms with Crippen LogP contribution in [-0.2, 0) is 9.59 Å². The highest BCUT2D eigenvalue weighted by atomic mass is 16.5. The van der Waals surface area contributed by atoms with E-state index in [1.165, 1.54) is 0 Å². The molecule has 0 aromatic carbocycles. The number of carboxylic acid groups (broad SMARTS) is 2. The Morgan fingerprint density at radius 2 is 1.08 bits per heavy atom. The van der Waals surface area contributed by atoms with E-state index >= 15 is 0 Å². The number of carbonyl (C=O) groups is 2. The van der Waals surface area contributed by atoms with E-state index < -0.39 is 19.3 Å². The summed E-state index contributed by atoms with van der Waals surface area (Å²) in [6, 6.07) is 0. The van der Waals surface area contributed by atoms with Crippen molar-refractivity contribution >= 4 is 19.3 Å². The summed E-state index contributed by atoms with van der Waals surface area (Å²) < 4.78 is 0. The van der Waals surface area contributed by atoms with Crippen LogP contribution in [0.1, 0.15) is 0 Å². The van der Waals surface area contributed by atoms with Crippen LogP contribution in [0.4, 0.5) is 0 Å². The molecule has 0 unspecified atom stereocenters. The van der Waals surface area contributed by atoms with E-state index in [9.17, 15) is 9.59 Å². The molecule has 0 aliphatic heterocycles. The van der Waals surface area contributed by atoms with Crippen molar-refractivity contribution < 1.29 is 34.9 Å². The highest BCUT2D eigenvalue weighted by molar-refractivity contribution is 6.30. The molecule has 0 spiro atoms. The summed E-state index contributed by atoms with van der Waals surface area (Å²) in [5, 5.41) is 37.1. The monoisotopic (exact) mass is 178 g/mol. The Bertz CT molecular complexity index is 155. The van der Waals surface area contributed by atoms with Crippen LogP contribution in [0.25, 0.3) is 0 Å². The molecular formula is C4H7BO7. The molecule has 0 aliphatic rings. The van der Waals surface area contributed by atoms with E-state index in [2.05, 4.69) is 0 Å². The highest BCUT2D eigenvalue weighted by Gasteiger charge is 1.92. The standard InChI is InChI=1S/C4H4O4.BH3O3/c5-3(6)1-2-4(7)8;2-1(3)4/h1-2H,(H,5,6)(H,7,8);2-4H/b2-1-;. The zero-order chi connectivity index (χ0) is 10.1. The molecule has 0 aromatic heterocycles. The Kier molecular flexibility index (Phi) is 8.52. The largest absolute Gasteiger partial charge is 0.631 e. The minimum Gasteiger partial charge on any atom is -0.478 e. The third-order valence-electron chi connectivity index (χ3n) is 0.368. The molecule has 0 aromatic rings. The lowest BCUT2D eigenvalue weighted by Crippen LogP contribution is -2.07. The molecular weight excluding hydrogens is 171 g/mol. The van der Waals surface area contributed by atoms with E-state index in [1.54, 1.807) is 0 Å². The molecule has 0 saturated heterocycles. The third-order valence-corrected chi connectivity index (χ3v) is 0.368. The average Bonchev–Trinajstić information content (AvgIpc) is 1.82. The maximum Gasteiger partial charge on any atom is 0.631 e. The number of hydrogen-bond acceptors (Lipinski definition) is 5. The molecule has 0 atom stereocenters. The fourth-order valence-corrected chi connectivity index (χ4v) is 0.143. The summed E-state index contributed by atoms with van der Waals surface area (Å²) in [4.78, 5) is 19.1. The van der Waals surface area contributed by atoms with Gasteiger partial charge in [0.25, 0.3) is 0 Å². The van der Waals surface area contributed by atoms with Gasteiger partial charge in [-0.1, -0.05) is 0 Å². The first kappa shape index (κ1) is 13.2. The van der Waals surface area contributed by atoms with Crippen LogP contribution in [0.3, 0.4) is 0 Å². The number of carboxylic acids is 2. The third kappa shape index (κ3) is 38.2. The topological polar surface area (TPSA) is 135 Å². The fourth-order valence-electron chi connectivity index (χ4n) is 0.143. The van der Waals surface area contributed by atoms with E-state index in [1.807, 2.05) is 0 Å². The molecule has 68 valence electrons. The van der Waals surface area contributed by atoms with Gasteiger partial charge in [0.2, 0.25) is 0 Å². The molecule has 0 amide bonds. The van der Waals surface area contributed by atoms with E-state index in [4.69, 9.17) is 25.3 Å². The summed E-state index contributed by atoms with van der Waals surface area (Å²) in [7, 11) is -2.17. The molecule has 0 radical (unpaired) electrons.